The molecule has 2 unspecified atom stereocenters. The fourth-order valence-electron chi connectivity index (χ4n) is 4.30. The molecule has 0 bridgehead atoms. The summed E-state index contributed by atoms with van der Waals surface area (Å²) in [4.78, 5) is 28.5. The molecule has 0 spiro atoms. The molecular formula is C25H26BrFN2O3S. The maximum Gasteiger partial charge on any atom is 0.261 e. The molecule has 5 nitrogen and oxygen atoms in total. The Labute approximate surface area is 205 Å². The number of rotatable bonds is 6. The van der Waals surface area contributed by atoms with Crippen LogP contribution in [0, 0.1) is 5.82 Å². The third-order valence-electron chi connectivity index (χ3n) is 6.01. The Bertz CT molecular complexity index is 1060. The molecule has 8 heteroatoms. The smallest absolute Gasteiger partial charge is 0.261 e. The van der Waals surface area contributed by atoms with Gasteiger partial charge >= 0.3 is 0 Å². The van der Waals surface area contributed by atoms with Gasteiger partial charge in [-0.3, -0.25) is 9.59 Å². The predicted octanol–water partition coefficient (Wildman–Crippen LogP) is 5.14. The first-order valence-electron chi connectivity index (χ1n) is 11.0. The molecule has 2 aromatic carbocycles. The number of halogens is 2. The summed E-state index contributed by atoms with van der Waals surface area (Å²) in [7, 11) is 1.61. The third kappa shape index (κ3) is 5.79. The first-order chi connectivity index (χ1) is 15.9. The van der Waals surface area contributed by atoms with Gasteiger partial charge in [0, 0.05) is 17.8 Å². The lowest BCUT2D eigenvalue weighted by Gasteiger charge is -2.43. The van der Waals surface area contributed by atoms with Gasteiger partial charge in [0.2, 0.25) is 5.91 Å². The molecule has 174 valence electrons. The molecule has 33 heavy (non-hydrogen) atoms. The van der Waals surface area contributed by atoms with Crippen LogP contribution >= 0.6 is 27.7 Å². The molecule has 1 heterocycles. The number of ether oxygens (including phenoxy) is 1. The Morgan fingerprint density at radius 1 is 1.24 bits per heavy atom. The van der Waals surface area contributed by atoms with Crippen LogP contribution in [0.15, 0.2) is 51.8 Å². The maximum absolute atomic E-state index is 13.4. The van der Waals surface area contributed by atoms with Crippen molar-refractivity contribution in [2.75, 3.05) is 13.7 Å². The van der Waals surface area contributed by atoms with Crippen LogP contribution in [0.3, 0.4) is 0 Å². The molecule has 2 aliphatic rings. The summed E-state index contributed by atoms with van der Waals surface area (Å²) >= 11 is 5.13. The van der Waals surface area contributed by atoms with Crippen molar-refractivity contribution in [1.29, 1.82) is 0 Å². The van der Waals surface area contributed by atoms with Crippen LogP contribution < -0.4 is 10.1 Å². The van der Waals surface area contributed by atoms with Gasteiger partial charge in [0.05, 0.1) is 16.5 Å². The molecule has 2 amide bonds. The van der Waals surface area contributed by atoms with Crippen molar-refractivity contribution in [1.82, 2.24) is 10.2 Å². The summed E-state index contributed by atoms with van der Waals surface area (Å²) in [5, 5.41) is 3.15. The molecule has 1 aliphatic heterocycles. The highest BCUT2D eigenvalue weighted by atomic mass is 79.9. The minimum Gasteiger partial charge on any atom is -0.496 e. The van der Waals surface area contributed by atoms with Crippen molar-refractivity contribution < 1.29 is 18.7 Å². The molecule has 2 fully saturated rings. The number of benzene rings is 2. The summed E-state index contributed by atoms with van der Waals surface area (Å²) in [6.07, 6.45) is 6.03. The highest BCUT2D eigenvalue weighted by molar-refractivity contribution is 9.10. The minimum absolute atomic E-state index is 0.0192. The first-order valence-corrected chi connectivity index (χ1v) is 12.7. The van der Waals surface area contributed by atoms with Gasteiger partial charge in [-0.05, 0) is 70.2 Å². The van der Waals surface area contributed by atoms with Gasteiger partial charge in [0.1, 0.15) is 18.1 Å². The molecule has 2 atom stereocenters. The van der Waals surface area contributed by atoms with Gasteiger partial charge in [-0.1, -0.05) is 31.0 Å². The fourth-order valence-corrected chi connectivity index (χ4v) is 6.33. The van der Waals surface area contributed by atoms with Crippen molar-refractivity contribution in [3.8, 4) is 5.75 Å². The number of hydrogen-bond acceptors (Lipinski definition) is 4. The van der Waals surface area contributed by atoms with Crippen molar-refractivity contribution in [3.63, 3.8) is 0 Å². The highest BCUT2D eigenvalue weighted by Crippen LogP contribution is 2.42. The third-order valence-corrected chi connectivity index (χ3v) is 8.03. The lowest BCUT2D eigenvalue weighted by Crippen LogP contribution is -2.54. The quantitative estimate of drug-likeness (QED) is 0.523. The van der Waals surface area contributed by atoms with Crippen LogP contribution in [0.4, 0.5) is 4.39 Å². The van der Waals surface area contributed by atoms with Crippen LogP contribution in [0.1, 0.15) is 36.8 Å². The Balaban J connectivity index is 1.50. The van der Waals surface area contributed by atoms with Crippen LogP contribution in [0.25, 0.3) is 6.08 Å². The number of fused-ring (bicyclic) bond motifs is 1. The van der Waals surface area contributed by atoms with Crippen LogP contribution in [-0.4, -0.2) is 41.7 Å². The zero-order chi connectivity index (χ0) is 23.4. The van der Waals surface area contributed by atoms with E-state index in [-0.39, 0.29) is 35.5 Å². The molecule has 1 saturated heterocycles. The number of carbonyl (C=O) groups is 2. The molecule has 1 saturated carbocycles. The number of nitrogens with zero attached hydrogens (tertiary/aromatic N) is 1. The van der Waals surface area contributed by atoms with Gasteiger partial charge in [-0.2, -0.15) is 0 Å². The Morgan fingerprint density at radius 2 is 2.00 bits per heavy atom. The Kier molecular flexibility index (Phi) is 7.75. The van der Waals surface area contributed by atoms with Crippen molar-refractivity contribution in [2.45, 2.75) is 43.5 Å². The topological polar surface area (TPSA) is 58.6 Å². The molecule has 0 radical (unpaired) electrons. The monoisotopic (exact) mass is 532 g/mol. The summed E-state index contributed by atoms with van der Waals surface area (Å²) in [6.45, 7) is 0.317. The maximum atomic E-state index is 13.4. The average Bonchev–Trinajstić information content (AvgIpc) is 2.81. The van der Waals surface area contributed by atoms with E-state index in [1.165, 1.54) is 12.1 Å². The molecular weight excluding hydrogens is 507 g/mol. The van der Waals surface area contributed by atoms with E-state index in [9.17, 15) is 14.0 Å². The largest absolute Gasteiger partial charge is 0.496 e. The standard InChI is InChI=1S/C25H26BrFN2O3S/c1-32-21-11-8-17(12-19(21)26)13-23-25(31)29(20-4-2-3-5-22(20)33-23)15-24(30)28-14-16-6-9-18(27)10-7-16/h6-13,20,22H,2-5,14-15H2,1H3,(H,28,30)/b23-13+. The number of methoxy groups -OCH3 is 1. The average molecular weight is 533 g/mol. The van der Waals surface area contributed by atoms with Crippen molar-refractivity contribution >= 4 is 45.6 Å². The number of hydrogen-bond donors (Lipinski definition) is 1. The van der Waals surface area contributed by atoms with Crippen molar-refractivity contribution in [3.05, 3.63) is 68.8 Å². The summed E-state index contributed by atoms with van der Waals surface area (Å²) in [5.41, 5.74) is 1.71. The van der Waals surface area contributed by atoms with E-state index in [0.717, 1.165) is 47.0 Å². The van der Waals surface area contributed by atoms with Crippen molar-refractivity contribution in [2.24, 2.45) is 0 Å². The summed E-state index contributed by atoms with van der Waals surface area (Å²) < 4.78 is 19.2. The fraction of sp³-hybridized carbons (Fsp3) is 0.360. The summed E-state index contributed by atoms with van der Waals surface area (Å²) in [6, 6.07) is 11.8. The molecule has 4 rings (SSSR count). The lowest BCUT2D eigenvalue weighted by atomic mass is 9.93. The van der Waals surface area contributed by atoms with Gasteiger partial charge in [0.25, 0.3) is 5.91 Å². The number of amides is 2. The van der Waals surface area contributed by atoms with E-state index in [1.807, 2.05) is 24.3 Å². The van der Waals surface area contributed by atoms with E-state index in [4.69, 9.17) is 4.74 Å². The van der Waals surface area contributed by atoms with E-state index in [0.29, 0.717) is 11.4 Å². The van der Waals surface area contributed by atoms with Gasteiger partial charge in [-0.15, -0.1) is 11.8 Å². The van der Waals surface area contributed by atoms with E-state index in [1.54, 1.807) is 35.9 Å². The minimum atomic E-state index is -0.312. The Hall–Kier alpha value is -2.32. The van der Waals surface area contributed by atoms with E-state index < -0.39 is 0 Å². The second kappa shape index (κ2) is 10.7. The number of thioether (sulfide) groups is 1. The van der Waals surface area contributed by atoms with E-state index >= 15 is 0 Å². The zero-order valence-electron chi connectivity index (χ0n) is 18.4. The second-order valence-electron chi connectivity index (χ2n) is 8.25. The predicted molar refractivity (Wildman–Crippen MR) is 132 cm³/mol. The van der Waals surface area contributed by atoms with Gasteiger partial charge in [0.15, 0.2) is 0 Å². The van der Waals surface area contributed by atoms with Gasteiger partial charge in [-0.25, -0.2) is 4.39 Å². The lowest BCUT2D eigenvalue weighted by molar-refractivity contribution is -0.135. The summed E-state index contributed by atoms with van der Waals surface area (Å²) in [5.74, 6) is 0.0991. The first kappa shape index (κ1) is 23.8. The van der Waals surface area contributed by atoms with Gasteiger partial charge < -0.3 is 15.0 Å². The zero-order valence-corrected chi connectivity index (χ0v) is 20.8. The molecule has 0 aromatic heterocycles. The molecule has 1 aliphatic carbocycles. The SMILES string of the molecule is COc1ccc(/C=C2/SC3CCCCC3N(CC(=O)NCc3ccc(F)cc3)C2=O)cc1Br. The van der Waals surface area contributed by atoms with E-state index in [2.05, 4.69) is 21.2 Å². The number of nitrogens with one attached hydrogen (secondary N) is 1. The normalized spacial score (nSPS) is 21.6. The highest BCUT2D eigenvalue weighted by Gasteiger charge is 2.41. The van der Waals surface area contributed by atoms with Crippen LogP contribution in [-0.2, 0) is 16.1 Å². The number of carbonyl (C=O) groups excluding carboxylic acids is 2. The second-order valence-corrected chi connectivity index (χ2v) is 10.4. The Morgan fingerprint density at radius 3 is 2.73 bits per heavy atom. The van der Waals surface area contributed by atoms with Crippen LogP contribution in [0.2, 0.25) is 0 Å². The molecule has 1 N–H and O–H groups in total. The van der Waals surface area contributed by atoms with Crippen LogP contribution in [0.5, 0.6) is 5.75 Å². The molecule has 2 aromatic rings.